The fourth-order valence-electron chi connectivity index (χ4n) is 3.81. The largest absolute Gasteiger partial charge is 0.474 e. The van der Waals surface area contributed by atoms with Gasteiger partial charge in [-0.25, -0.2) is 14.8 Å². The van der Waals surface area contributed by atoms with Gasteiger partial charge >= 0.3 is 6.03 Å². The first-order chi connectivity index (χ1) is 11.2. The number of aliphatic imine (C=N–C) groups is 1. The molecule has 0 radical (unpaired) electrons. The highest BCUT2D eigenvalue weighted by Crippen LogP contribution is 2.37. The number of amides is 3. The Morgan fingerprint density at radius 1 is 1.26 bits per heavy atom. The van der Waals surface area contributed by atoms with E-state index in [0.29, 0.717) is 5.88 Å². The van der Waals surface area contributed by atoms with E-state index >= 15 is 0 Å². The van der Waals surface area contributed by atoms with Crippen molar-refractivity contribution in [2.24, 2.45) is 4.99 Å². The standard InChI is InChI=1S/C16H18N4O3/c21-15(13-9-18-16(22)19-13)20-10-4-5-11(20)8-12(7-10)23-14-3-1-2-6-17-14/h1-3,6,9-13H,4-5,7-8H2,(H,19,22). The lowest BCUT2D eigenvalue weighted by molar-refractivity contribution is -0.137. The summed E-state index contributed by atoms with van der Waals surface area (Å²) in [7, 11) is 0. The zero-order chi connectivity index (χ0) is 15.8. The van der Waals surface area contributed by atoms with Gasteiger partial charge in [0, 0.05) is 43.4 Å². The van der Waals surface area contributed by atoms with Gasteiger partial charge in [0.25, 0.3) is 5.91 Å². The van der Waals surface area contributed by atoms with Gasteiger partial charge < -0.3 is 15.0 Å². The molecule has 4 heterocycles. The van der Waals surface area contributed by atoms with E-state index in [0.717, 1.165) is 25.7 Å². The Hall–Kier alpha value is -2.44. The summed E-state index contributed by atoms with van der Waals surface area (Å²) in [6, 6.07) is 4.89. The molecule has 0 aliphatic carbocycles. The lowest BCUT2D eigenvalue weighted by atomic mass is 9.98. The number of hydrogen-bond donors (Lipinski definition) is 1. The van der Waals surface area contributed by atoms with Crippen LogP contribution in [0.1, 0.15) is 25.7 Å². The fraction of sp³-hybridized carbons (Fsp3) is 0.500. The van der Waals surface area contributed by atoms with E-state index in [4.69, 9.17) is 4.74 Å². The average molecular weight is 314 g/mol. The summed E-state index contributed by atoms with van der Waals surface area (Å²) >= 11 is 0. The topological polar surface area (TPSA) is 83.9 Å². The maximum atomic E-state index is 12.6. The minimum absolute atomic E-state index is 0.0524. The molecule has 0 aromatic carbocycles. The molecule has 3 aliphatic rings. The molecule has 7 heteroatoms. The number of hydrogen-bond acceptors (Lipinski definition) is 4. The van der Waals surface area contributed by atoms with Crippen LogP contribution in [0, 0.1) is 0 Å². The molecule has 0 saturated carbocycles. The van der Waals surface area contributed by atoms with Gasteiger partial charge in [0.15, 0.2) is 0 Å². The molecule has 3 unspecified atom stereocenters. The second-order valence-corrected chi connectivity index (χ2v) is 6.22. The van der Waals surface area contributed by atoms with E-state index < -0.39 is 12.1 Å². The van der Waals surface area contributed by atoms with Crippen LogP contribution in [-0.4, -0.2) is 52.3 Å². The predicted octanol–water partition coefficient (Wildman–Crippen LogP) is 1.15. The Labute approximate surface area is 133 Å². The van der Waals surface area contributed by atoms with E-state index in [-0.39, 0.29) is 24.1 Å². The molecule has 2 fully saturated rings. The predicted molar refractivity (Wildman–Crippen MR) is 82.4 cm³/mol. The molecule has 2 bridgehead atoms. The van der Waals surface area contributed by atoms with Crippen LogP contribution in [0.15, 0.2) is 29.4 Å². The summed E-state index contributed by atoms with van der Waals surface area (Å²) in [6.07, 6.45) is 6.77. The monoisotopic (exact) mass is 314 g/mol. The summed E-state index contributed by atoms with van der Waals surface area (Å²) in [5.74, 6) is 0.579. The van der Waals surface area contributed by atoms with Gasteiger partial charge in [-0.15, -0.1) is 0 Å². The summed E-state index contributed by atoms with van der Waals surface area (Å²) in [6.45, 7) is 0. The van der Waals surface area contributed by atoms with Gasteiger partial charge in [0.05, 0.1) is 0 Å². The molecule has 1 aromatic heterocycles. The Kier molecular flexibility index (Phi) is 3.48. The third-order valence-electron chi connectivity index (χ3n) is 4.76. The van der Waals surface area contributed by atoms with Gasteiger partial charge in [0.2, 0.25) is 5.88 Å². The molecule has 4 rings (SSSR count). The highest BCUT2D eigenvalue weighted by Gasteiger charge is 2.46. The number of fused-ring (bicyclic) bond motifs is 2. The SMILES string of the molecule is O=C1N=CC(C(=O)N2C3CCC2CC(Oc2ccccn2)C3)N1. The minimum Gasteiger partial charge on any atom is -0.474 e. The van der Waals surface area contributed by atoms with Crippen LogP contribution in [-0.2, 0) is 4.79 Å². The second-order valence-electron chi connectivity index (χ2n) is 6.22. The van der Waals surface area contributed by atoms with Gasteiger partial charge in [-0.3, -0.25) is 4.79 Å². The summed E-state index contributed by atoms with van der Waals surface area (Å²) in [4.78, 5) is 33.6. The van der Waals surface area contributed by atoms with Gasteiger partial charge in [-0.2, -0.15) is 0 Å². The molecule has 1 N–H and O–H groups in total. The van der Waals surface area contributed by atoms with Gasteiger partial charge in [-0.1, -0.05) is 6.07 Å². The molecule has 23 heavy (non-hydrogen) atoms. The van der Waals surface area contributed by atoms with Crippen molar-refractivity contribution >= 4 is 18.2 Å². The van der Waals surface area contributed by atoms with Crippen LogP contribution in [0.5, 0.6) is 5.88 Å². The molecular weight excluding hydrogens is 296 g/mol. The van der Waals surface area contributed by atoms with Crippen molar-refractivity contribution in [3.63, 3.8) is 0 Å². The zero-order valence-corrected chi connectivity index (χ0v) is 12.6. The number of piperidine rings is 1. The van der Waals surface area contributed by atoms with Crippen LogP contribution in [0.2, 0.25) is 0 Å². The lowest BCUT2D eigenvalue weighted by Gasteiger charge is -2.39. The maximum absolute atomic E-state index is 12.6. The van der Waals surface area contributed by atoms with E-state index in [1.54, 1.807) is 6.20 Å². The molecular formula is C16H18N4O3. The molecule has 0 spiro atoms. The maximum Gasteiger partial charge on any atom is 0.341 e. The average Bonchev–Trinajstić information content (AvgIpc) is 3.10. The van der Waals surface area contributed by atoms with Crippen LogP contribution < -0.4 is 10.1 Å². The zero-order valence-electron chi connectivity index (χ0n) is 12.6. The molecule has 2 saturated heterocycles. The Balaban J connectivity index is 1.43. The van der Waals surface area contributed by atoms with E-state index in [9.17, 15) is 9.59 Å². The van der Waals surface area contributed by atoms with Crippen molar-refractivity contribution in [3.8, 4) is 5.88 Å². The first kappa shape index (κ1) is 14.2. The highest BCUT2D eigenvalue weighted by molar-refractivity contribution is 6.07. The lowest BCUT2D eigenvalue weighted by Crippen LogP contribution is -2.55. The number of pyridine rings is 1. The Bertz CT molecular complexity index is 634. The normalized spacial score (nSPS) is 32.0. The molecule has 3 amide bonds. The van der Waals surface area contributed by atoms with Crippen LogP contribution in [0.4, 0.5) is 4.79 Å². The number of aromatic nitrogens is 1. The molecule has 120 valence electrons. The summed E-state index contributed by atoms with van der Waals surface area (Å²) in [5, 5.41) is 2.58. The Morgan fingerprint density at radius 2 is 2.04 bits per heavy atom. The summed E-state index contributed by atoms with van der Waals surface area (Å²) in [5.41, 5.74) is 0. The number of carbonyl (C=O) groups excluding carboxylic acids is 2. The van der Waals surface area contributed by atoms with Crippen LogP contribution in [0.25, 0.3) is 0 Å². The first-order valence-corrected chi connectivity index (χ1v) is 7.95. The van der Waals surface area contributed by atoms with Crippen LogP contribution in [0.3, 0.4) is 0 Å². The quantitative estimate of drug-likeness (QED) is 0.907. The van der Waals surface area contributed by atoms with Crippen molar-refractivity contribution in [2.45, 2.75) is 49.9 Å². The first-order valence-electron chi connectivity index (χ1n) is 7.95. The van der Waals surface area contributed by atoms with E-state index in [1.165, 1.54) is 6.21 Å². The van der Waals surface area contributed by atoms with Crippen molar-refractivity contribution in [1.82, 2.24) is 15.2 Å². The van der Waals surface area contributed by atoms with Crippen molar-refractivity contribution in [1.29, 1.82) is 0 Å². The Morgan fingerprint density at radius 3 is 2.65 bits per heavy atom. The molecule has 3 atom stereocenters. The van der Waals surface area contributed by atoms with E-state index in [1.807, 2.05) is 23.1 Å². The van der Waals surface area contributed by atoms with Crippen molar-refractivity contribution in [2.75, 3.05) is 0 Å². The number of carbonyl (C=O) groups is 2. The highest BCUT2D eigenvalue weighted by atomic mass is 16.5. The number of nitrogens with one attached hydrogen (secondary N) is 1. The third kappa shape index (κ3) is 2.67. The minimum atomic E-state index is -0.612. The second kappa shape index (κ2) is 5.64. The smallest absolute Gasteiger partial charge is 0.341 e. The van der Waals surface area contributed by atoms with Crippen molar-refractivity contribution in [3.05, 3.63) is 24.4 Å². The number of rotatable bonds is 3. The number of nitrogens with zero attached hydrogens (tertiary/aromatic N) is 3. The van der Waals surface area contributed by atoms with Crippen LogP contribution >= 0.6 is 0 Å². The van der Waals surface area contributed by atoms with Crippen molar-refractivity contribution < 1.29 is 14.3 Å². The van der Waals surface area contributed by atoms with Gasteiger partial charge in [0.1, 0.15) is 12.1 Å². The number of urea groups is 1. The molecule has 3 aliphatic heterocycles. The fourth-order valence-corrected chi connectivity index (χ4v) is 3.81. The van der Waals surface area contributed by atoms with E-state index in [2.05, 4.69) is 15.3 Å². The summed E-state index contributed by atoms with van der Waals surface area (Å²) < 4.78 is 5.96. The van der Waals surface area contributed by atoms with Gasteiger partial charge in [-0.05, 0) is 18.9 Å². The molecule has 1 aromatic rings. The number of ether oxygens (including phenoxy) is 1. The third-order valence-corrected chi connectivity index (χ3v) is 4.76. The molecule has 7 nitrogen and oxygen atoms in total.